The lowest BCUT2D eigenvalue weighted by Gasteiger charge is -2.39. The Bertz CT molecular complexity index is 755. The topological polar surface area (TPSA) is 0 Å². The highest BCUT2D eigenvalue weighted by molar-refractivity contribution is 5.13. The summed E-state index contributed by atoms with van der Waals surface area (Å²) in [6.07, 6.45) is 51.1. The normalized spacial score (nSPS) is 12.4. The molecule has 0 aromatic heterocycles. The minimum Gasteiger partial charge on any atom is -0.320 e. The highest BCUT2D eigenvalue weighted by Gasteiger charge is 2.26. The molecule has 0 amide bonds. The quantitative estimate of drug-likeness (QED) is 0.0390. The van der Waals surface area contributed by atoms with Crippen molar-refractivity contribution in [1.29, 1.82) is 0 Å². The van der Waals surface area contributed by atoms with Crippen LogP contribution in [0.3, 0.4) is 0 Å². The van der Waals surface area contributed by atoms with Gasteiger partial charge in [-0.05, 0) is 96.3 Å². The smallest absolute Gasteiger partial charge is 0.104 e. The van der Waals surface area contributed by atoms with Crippen LogP contribution in [0.2, 0.25) is 0 Å². The molecule has 0 heterocycles. The van der Waals surface area contributed by atoms with Crippen LogP contribution in [0.1, 0.15) is 200 Å². The van der Waals surface area contributed by atoms with Gasteiger partial charge in [-0.2, -0.15) is 0 Å². The minimum atomic E-state index is 1.24. The predicted molar refractivity (Wildman–Crippen MR) is 214 cm³/mol. The molecule has 0 atom stereocenters. The van der Waals surface area contributed by atoms with Crippen LogP contribution in [0, 0.1) is 0 Å². The van der Waals surface area contributed by atoms with Gasteiger partial charge in [0.1, 0.15) is 6.54 Å². The molecule has 270 valence electrons. The molecule has 0 radical (unpaired) electrons. The van der Waals surface area contributed by atoms with Gasteiger partial charge in [0, 0.05) is 5.56 Å². The van der Waals surface area contributed by atoms with Crippen molar-refractivity contribution in [3.8, 4) is 0 Å². The lowest BCUT2D eigenvalue weighted by atomic mass is 10.0. The third kappa shape index (κ3) is 28.0. The molecule has 0 saturated carbocycles. The number of allylic oxidation sites excluding steroid dienone is 6. The fraction of sp³-hybridized carbons (Fsp3) is 0.739. The molecule has 1 rings (SSSR count). The molecule has 1 heteroatoms. The number of hydrogen-bond acceptors (Lipinski definition) is 0. The van der Waals surface area contributed by atoms with Crippen LogP contribution in [-0.2, 0) is 6.54 Å². The van der Waals surface area contributed by atoms with E-state index >= 15 is 0 Å². The Kier molecular flexibility index (Phi) is 31.7. The van der Waals surface area contributed by atoms with Crippen molar-refractivity contribution in [3.05, 3.63) is 72.4 Å². The zero-order chi connectivity index (χ0) is 33.8. The third-order valence-electron chi connectivity index (χ3n) is 9.99. The summed E-state index contributed by atoms with van der Waals surface area (Å²) in [7, 11) is 0. The summed E-state index contributed by atoms with van der Waals surface area (Å²) in [5.41, 5.74) is 1.55. The van der Waals surface area contributed by atoms with E-state index < -0.39 is 0 Å². The van der Waals surface area contributed by atoms with E-state index in [1.54, 1.807) is 5.56 Å². The third-order valence-corrected chi connectivity index (χ3v) is 9.99. The highest BCUT2D eigenvalue weighted by Crippen LogP contribution is 2.23. The molecule has 0 fully saturated rings. The molecule has 0 spiro atoms. The van der Waals surface area contributed by atoms with E-state index in [0.717, 1.165) is 0 Å². The van der Waals surface area contributed by atoms with Crippen molar-refractivity contribution in [2.24, 2.45) is 0 Å². The summed E-state index contributed by atoms with van der Waals surface area (Å²) in [5, 5.41) is 0. The van der Waals surface area contributed by atoms with Crippen molar-refractivity contribution in [2.75, 3.05) is 19.6 Å². The Morgan fingerprint density at radius 3 is 1.00 bits per heavy atom. The molecule has 47 heavy (non-hydrogen) atoms. The molecule has 0 N–H and O–H groups in total. The van der Waals surface area contributed by atoms with E-state index in [0.29, 0.717) is 0 Å². The summed E-state index contributed by atoms with van der Waals surface area (Å²) in [6.45, 7) is 12.2. The van der Waals surface area contributed by atoms with Gasteiger partial charge in [0.25, 0.3) is 0 Å². The predicted octanol–water partition coefficient (Wildman–Crippen LogP) is 15.3. The maximum Gasteiger partial charge on any atom is 0.104 e. The number of rotatable bonds is 35. The Balaban J connectivity index is 2.60. The first-order chi connectivity index (χ1) is 23.3. The summed E-state index contributed by atoms with van der Waals surface area (Å²) in [5.74, 6) is 0. The molecule has 1 aromatic rings. The van der Waals surface area contributed by atoms with E-state index in [4.69, 9.17) is 0 Å². The first kappa shape index (κ1) is 43.4. The summed E-state index contributed by atoms with van der Waals surface area (Å²) in [6, 6.07) is 11.5. The largest absolute Gasteiger partial charge is 0.320 e. The van der Waals surface area contributed by atoms with E-state index in [1.165, 1.54) is 204 Å². The lowest BCUT2D eigenvalue weighted by molar-refractivity contribution is -0.941. The molecule has 0 aliphatic heterocycles. The van der Waals surface area contributed by atoms with Crippen LogP contribution < -0.4 is 0 Å². The van der Waals surface area contributed by atoms with E-state index in [-0.39, 0.29) is 0 Å². The van der Waals surface area contributed by atoms with E-state index in [2.05, 4.69) is 87.6 Å². The van der Waals surface area contributed by atoms with Gasteiger partial charge in [-0.15, -0.1) is 0 Å². The average molecular weight is 649 g/mol. The molecule has 1 aromatic carbocycles. The Morgan fingerprint density at radius 2 is 0.660 bits per heavy atom. The van der Waals surface area contributed by atoms with Crippen molar-refractivity contribution >= 4 is 0 Å². The first-order valence-electron chi connectivity index (χ1n) is 21.1. The minimum absolute atomic E-state index is 1.24. The SMILES string of the molecule is CCC/C=C/CCCCCCCC[N+](CCCCCCCC/C=C/CCC)(CCCCCCCC/C=C/CCC)Cc1ccccc1. The van der Waals surface area contributed by atoms with Crippen LogP contribution in [0.15, 0.2) is 66.8 Å². The number of hydrogen-bond donors (Lipinski definition) is 0. The second-order valence-electron chi connectivity index (χ2n) is 14.7. The molecular weight excluding hydrogens is 567 g/mol. The molecule has 0 bridgehead atoms. The molecule has 0 unspecified atom stereocenters. The fourth-order valence-electron chi connectivity index (χ4n) is 7.00. The first-order valence-corrected chi connectivity index (χ1v) is 21.1. The standard InChI is InChI=1S/C46H82N/c1-4-7-10-13-16-19-22-25-28-31-37-42-47(45-46-40-35-34-36-41-46,43-38-32-29-26-23-20-17-14-11-8-5-2)44-39-33-30-27-24-21-18-15-12-9-6-3/h10-15,34-36,40-41H,4-9,16-33,37-39,42-45H2,1-3H3/q+1/b13-10+,14-11+,15-12+. The second kappa shape index (κ2) is 34.3. The molecule has 0 aliphatic rings. The number of nitrogens with zero attached hydrogens (tertiary/aromatic N) is 1. The maximum atomic E-state index is 2.41. The van der Waals surface area contributed by atoms with Crippen molar-refractivity contribution in [3.63, 3.8) is 0 Å². The maximum absolute atomic E-state index is 2.41. The molecule has 0 aliphatic carbocycles. The van der Waals surface area contributed by atoms with Gasteiger partial charge in [-0.25, -0.2) is 0 Å². The van der Waals surface area contributed by atoms with E-state index in [1.807, 2.05) is 0 Å². The van der Waals surface area contributed by atoms with Crippen molar-refractivity contribution in [1.82, 2.24) is 0 Å². The second-order valence-corrected chi connectivity index (χ2v) is 14.7. The summed E-state index contributed by atoms with van der Waals surface area (Å²) >= 11 is 0. The Morgan fingerprint density at radius 1 is 0.362 bits per heavy atom. The van der Waals surface area contributed by atoms with Gasteiger partial charge in [-0.3, -0.25) is 0 Å². The Labute approximate surface area is 296 Å². The Hall–Kier alpha value is -1.60. The van der Waals surface area contributed by atoms with E-state index in [9.17, 15) is 0 Å². The van der Waals surface area contributed by atoms with Crippen LogP contribution in [-0.4, -0.2) is 24.1 Å². The monoisotopic (exact) mass is 649 g/mol. The van der Waals surface area contributed by atoms with Gasteiger partial charge in [-0.1, -0.05) is 165 Å². The van der Waals surface area contributed by atoms with Gasteiger partial charge in [0.05, 0.1) is 19.6 Å². The molecular formula is C46H82N+. The van der Waals surface area contributed by atoms with Crippen molar-refractivity contribution in [2.45, 2.75) is 201 Å². The van der Waals surface area contributed by atoms with Gasteiger partial charge < -0.3 is 4.48 Å². The summed E-state index contributed by atoms with van der Waals surface area (Å²) < 4.78 is 1.33. The van der Waals surface area contributed by atoms with Crippen LogP contribution >= 0.6 is 0 Å². The lowest BCUT2D eigenvalue weighted by Crippen LogP contribution is -2.49. The average Bonchev–Trinajstić information content (AvgIpc) is 3.09. The fourth-order valence-corrected chi connectivity index (χ4v) is 7.00. The zero-order valence-corrected chi connectivity index (χ0v) is 32.2. The zero-order valence-electron chi connectivity index (χ0n) is 32.2. The molecule has 1 nitrogen and oxygen atoms in total. The van der Waals surface area contributed by atoms with Crippen LogP contribution in [0.4, 0.5) is 0 Å². The van der Waals surface area contributed by atoms with Crippen LogP contribution in [0.5, 0.6) is 0 Å². The summed E-state index contributed by atoms with van der Waals surface area (Å²) in [4.78, 5) is 0. The number of benzene rings is 1. The van der Waals surface area contributed by atoms with Crippen molar-refractivity contribution < 1.29 is 4.48 Å². The van der Waals surface area contributed by atoms with Crippen LogP contribution in [0.25, 0.3) is 0 Å². The van der Waals surface area contributed by atoms with Gasteiger partial charge in [0.15, 0.2) is 0 Å². The highest BCUT2D eigenvalue weighted by atomic mass is 15.3. The van der Waals surface area contributed by atoms with Gasteiger partial charge >= 0.3 is 0 Å². The van der Waals surface area contributed by atoms with Gasteiger partial charge in [0.2, 0.25) is 0 Å². The number of quaternary nitrogens is 1. The molecule has 0 saturated heterocycles. The number of unbranched alkanes of at least 4 members (excludes halogenated alkanes) is 21.